The van der Waals surface area contributed by atoms with Crippen molar-refractivity contribution in [2.24, 2.45) is 0 Å². The second-order valence-electron chi connectivity index (χ2n) is 7.44. The molecule has 1 unspecified atom stereocenters. The average Bonchev–Trinajstić information content (AvgIpc) is 2.54. The van der Waals surface area contributed by atoms with Crippen LogP contribution in [0.25, 0.3) is 0 Å². The number of rotatable bonds is 6. The van der Waals surface area contributed by atoms with Gasteiger partial charge in [0.15, 0.2) is 13.1 Å². The molecule has 3 N–H and O–H groups in total. The van der Waals surface area contributed by atoms with E-state index in [4.69, 9.17) is 0 Å². The molecule has 3 amide bonds. The van der Waals surface area contributed by atoms with Gasteiger partial charge in [-0.3, -0.25) is 19.3 Å². The molecule has 1 heterocycles. The van der Waals surface area contributed by atoms with Gasteiger partial charge < -0.3 is 15.5 Å². The maximum absolute atomic E-state index is 13.1. The molecule has 7 heteroatoms. The maximum Gasteiger partial charge on any atom is 0.283 e. The number of anilines is 2. The highest BCUT2D eigenvalue weighted by Gasteiger charge is 2.44. The van der Waals surface area contributed by atoms with E-state index in [0.717, 1.165) is 4.90 Å². The molecule has 7 nitrogen and oxygen atoms in total. The molecule has 2 rings (SSSR count). The Labute approximate surface area is 154 Å². The zero-order chi connectivity index (χ0) is 19.5. The number of hydrogen-bond acceptors (Lipinski definition) is 3. The fourth-order valence-electron chi connectivity index (χ4n) is 3.10. The van der Waals surface area contributed by atoms with Gasteiger partial charge in [0.05, 0.1) is 17.9 Å². The lowest BCUT2D eigenvalue weighted by molar-refractivity contribution is -0.881. The molecule has 0 aliphatic carbocycles. The molecule has 26 heavy (non-hydrogen) atoms. The summed E-state index contributed by atoms with van der Waals surface area (Å²) in [6.45, 7) is 10.2. The van der Waals surface area contributed by atoms with Crippen LogP contribution in [0.2, 0.25) is 0 Å². The summed E-state index contributed by atoms with van der Waals surface area (Å²) in [6.07, 6.45) is 0. The first-order valence-corrected chi connectivity index (χ1v) is 9.03. The third-order valence-electron chi connectivity index (χ3n) is 4.52. The van der Waals surface area contributed by atoms with Gasteiger partial charge in [0, 0.05) is 6.04 Å². The lowest BCUT2D eigenvalue weighted by atomic mass is 9.96. The van der Waals surface area contributed by atoms with Crippen molar-refractivity contribution in [2.75, 3.05) is 29.9 Å². The number of likely N-dealkylation sites (N-methyl/N-ethyl adjacent to an activating group) is 1. The van der Waals surface area contributed by atoms with E-state index < -0.39 is 5.54 Å². The minimum Gasteiger partial charge on any atom is -0.349 e. The van der Waals surface area contributed by atoms with Crippen LogP contribution in [-0.2, 0) is 14.4 Å². The monoisotopic (exact) mass is 361 g/mol. The summed E-state index contributed by atoms with van der Waals surface area (Å²) in [5, 5.41) is 5.70. The highest BCUT2D eigenvalue weighted by atomic mass is 16.2. The topological polar surface area (TPSA) is 82.9 Å². The van der Waals surface area contributed by atoms with Crippen molar-refractivity contribution in [1.82, 2.24) is 5.32 Å². The highest BCUT2D eigenvalue weighted by Crippen LogP contribution is 2.36. The molecule has 1 aromatic carbocycles. The van der Waals surface area contributed by atoms with Crippen LogP contribution in [0.1, 0.15) is 34.6 Å². The minimum atomic E-state index is -0.996. The summed E-state index contributed by atoms with van der Waals surface area (Å²) in [6, 6.07) is 7.33. The van der Waals surface area contributed by atoms with Gasteiger partial charge in [-0.15, -0.1) is 0 Å². The molecule has 0 saturated carbocycles. The molecule has 1 aromatic rings. The minimum absolute atomic E-state index is 0.0629. The fourth-order valence-corrected chi connectivity index (χ4v) is 3.10. The summed E-state index contributed by atoms with van der Waals surface area (Å²) >= 11 is 0. The molecule has 0 saturated heterocycles. The van der Waals surface area contributed by atoms with E-state index in [1.54, 1.807) is 24.8 Å². The normalized spacial score (nSPS) is 16.7. The highest BCUT2D eigenvalue weighted by molar-refractivity contribution is 6.14. The SMILES string of the molecule is CC[NH+](CC(=O)NC(C)C)CC(=O)N1c2ccccc2NC(=O)C1(C)C. The van der Waals surface area contributed by atoms with Gasteiger partial charge in [-0.05, 0) is 46.8 Å². The maximum atomic E-state index is 13.1. The molecule has 0 radical (unpaired) electrons. The standard InChI is InChI=1S/C19H28N4O3/c1-6-22(11-16(24)20-13(2)3)12-17(25)23-15-10-8-7-9-14(15)21-18(26)19(23,4)5/h7-10,13H,6,11-12H2,1-5H3,(H,20,24)(H,21,26)/p+1. The molecule has 0 fully saturated rings. The predicted molar refractivity (Wildman–Crippen MR) is 101 cm³/mol. The Hall–Kier alpha value is -2.41. The summed E-state index contributed by atoms with van der Waals surface area (Å²) in [4.78, 5) is 40.0. The van der Waals surface area contributed by atoms with Crippen molar-refractivity contribution in [3.05, 3.63) is 24.3 Å². The van der Waals surface area contributed by atoms with Gasteiger partial charge in [-0.1, -0.05) is 12.1 Å². The molecule has 0 aromatic heterocycles. The van der Waals surface area contributed by atoms with Crippen molar-refractivity contribution >= 4 is 29.1 Å². The predicted octanol–water partition coefficient (Wildman–Crippen LogP) is 0.180. The number of benzene rings is 1. The summed E-state index contributed by atoms with van der Waals surface area (Å²) in [7, 11) is 0. The van der Waals surface area contributed by atoms with E-state index in [9.17, 15) is 14.4 Å². The second-order valence-corrected chi connectivity index (χ2v) is 7.44. The number of hydrogen-bond donors (Lipinski definition) is 3. The summed E-state index contributed by atoms with van der Waals surface area (Å²) < 4.78 is 0. The van der Waals surface area contributed by atoms with Crippen LogP contribution in [0.5, 0.6) is 0 Å². The van der Waals surface area contributed by atoms with Crippen LogP contribution in [-0.4, -0.2) is 48.9 Å². The molecule has 1 aliphatic rings. The fraction of sp³-hybridized carbons (Fsp3) is 0.526. The van der Waals surface area contributed by atoms with Crippen LogP contribution in [0.3, 0.4) is 0 Å². The van der Waals surface area contributed by atoms with E-state index in [1.165, 1.54) is 0 Å². The number of nitrogens with one attached hydrogen (secondary N) is 3. The van der Waals surface area contributed by atoms with E-state index in [0.29, 0.717) is 17.9 Å². The van der Waals surface area contributed by atoms with E-state index >= 15 is 0 Å². The molecule has 1 aliphatic heterocycles. The first kappa shape index (κ1) is 19.9. The third-order valence-corrected chi connectivity index (χ3v) is 4.52. The smallest absolute Gasteiger partial charge is 0.283 e. The van der Waals surface area contributed by atoms with Gasteiger partial charge in [-0.2, -0.15) is 0 Å². The van der Waals surface area contributed by atoms with Crippen molar-refractivity contribution in [2.45, 2.75) is 46.2 Å². The molecule has 0 spiro atoms. The van der Waals surface area contributed by atoms with E-state index in [-0.39, 0.29) is 36.9 Å². The Balaban J connectivity index is 2.21. The number of fused-ring (bicyclic) bond motifs is 1. The largest absolute Gasteiger partial charge is 0.349 e. The zero-order valence-corrected chi connectivity index (χ0v) is 16.2. The number of quaternary nitrogens is 1. The summed E-state index contributed by atoms with van der Waals surface area (Å²) in [5.74, 6) is -0.479. The average molecular weight is 361 g/mol. The Morgan fingerprint density at radius 3 is 2.50 bits per heavy atom. The van der Waals surface area contributed by atoms with E-state index in [2.05, 4.69) is 10.6 Å². The van der Waals surface area contributed by atoms with Crippen molar-refractivity contribution < 1.29 is 19.3 Å². The second kappa shape index (κ2) is 7.86. The molecular weight excluding hydrogens is 332 g/mol. The van der Waals surface area contributed by atoms with Gasteiger partial charge in [0.1, 0.15) is 5.54 Å². The number of carbonyl (C=O) groups is 3. The van der Waals surface area contributed by atoms with Crippen LogP contribution >= 0.6 is 0 Å². The van der Waals surface area contributed by atoms with Gasteiger partial charge >= 0.3 is 0 Å². The van der Waals surface area contributed by atoms with Crippen LogP contribution in [0.15, 0.2) is 24.3 Å². The summed E-state index contributed by atoms with van der Waals surface area (Å²) in [5.41, 5.74) is 0.315. The van der Waals surface area contributed by atoms with E-state index in [1.807, 2.05) is 39.0 Å². The van der Waals surface area contributed by atoms with Gasteiger partial charge in [0.2, 0.25) is 5.91 Å². The number of carbonyl (C=O) groups excluding carboxylic acids is 3. The third kappa shape index (κ3) is 4.22. The lowest BCUT2D eigenvalue weighted by Crippen LogP contribution is -3.14. The number of amides is 3. The first-order chi connectivity index (χ1) is 12.2. The Morgan fingerprint density at radius 1 is 1.23 bits per heavy atom. The van der Waals surface area contributed by atoms with Crippen molar-refractivity contribution in [3.8, 4) is 0 Å². The molecular formula is C19H29N4O3+. The number of para-hydroxylation sites is 2. The lowest BCUT2D eigenvalue weighted by Gasteiger charge is -2.42. The molecule has 1 atom stereocenters. The van der Waals surface area contributed by atoms with Gasteiger partial charge in [0.25, 0.3) is 11.8 Å². The first-order valence-electron chi connectivity index (χ1n) is 9.03. The Morgan fingerprint density at radius 2 is 1.88 bits per heavy atom. The molecule has 0 bridgehead atoms. The Bertz CT molecular complexity index is 700. The zero-order valence-electron chi connectivity index (χ0n) is 16.2. The number of nitrogens with zero attached hydrogens (tertiary/aromatic N) is 1. The van der Waals surface area contributed by atoms with Crippen LogP contribution in [0, 0.1) is 0 Å². The Kier molecular flexibility index (Phi) is 6.02. The van der Waals surface area contributed by atoms with Crippen molar-refractivity contribution in [1.29, 1.82) is 0 Å². The van der Waals surface area contributed by atoms with Crippen LogP contribution in [0.4, 0.5) is 11.4 Å². The van der Waals surface area contributed by atoms with Crippen molar-refractivity contribution in [3.63, 3.8) is 0 Å². The van der Waals surface area contributed by atoms with Gasteiger partial charge in [-0.25, -0.2) is 0 Å². The molecule has 142 valence electrons. The van der Waals surface area contributed by atoms with Crippen LogP contribution < -0.4 is 20.4 Å². The quantitative estimate of drug-likeness (QED) is 0.676.